The van der Waals surface area contributed by atoms with Crippen molar-refractivity contribution in [3.63, 3.8) is 0 Å². The Bertz CT molecular complexity index is 988. The first-order valence-corrected chi connectivity index (χ1v) is 10.9. The van der Waals surface area contributed by atoms with Crippen LogP contribution in [0, 0.1) is 0 Å². The molecule has 1 aliphatic rings. The number of fused-ring (bicyclic) bond motifs is 1. The van der Waals surface area contributed by atoms with Gasteiger partial charge in [0.25, 0.3) is 0 Å². The molecule has 1 aliphatic heterocycles. The van der Waals surface area contributed by atoms with E-state index in [-0.39, 0.29) is 6.61 Å². The predicted octanol–water partition coefficient (Wildman–Crippen LogP) is 4.49. The van der Waals surface area contributed by atoms with Gasteiger partial charge in [0.15, 0.2) is 23.0 Å². The number of oxazole rings is 1. The molecule has 1 aromatic heterocycles. The number of methoxy groups -OCH3 is 1. The largest absolute Gasteiger partial charge is 0.493 e. The minimum Gasteiger partial charge on any atom is -0.493 e. The highest BCUT2D eigenvalue weighted by atomic mass is 16.5. The maximum Gasteiger partial charge on any atom is 0.198 e. The molecular formula is C25H30N2O4. The summed E-state index contributed by atoms with van der Waals surface area (Å²) >= 11 is 0. The number of aromatic nitrogens is 1. The number of hydrogen-bond acceptors (Lipinski definition) is 6. The van der Waals surface area contributed by atoms with Gasteiger partial charge >= 0.3 is 0 Å². The van der Waals surface area contributed by atoms with Gasteiger partial charge in [0.1, 0.15) is 18.2 Å². The van der Waals surface area contributed by atoms with Gasteiger partial charge in [-0.05, 0) is 62.7 Å². The molecule has 0 radical (unpaired) electrons. The van der Waals surface area contributed by atoms with Crippen molar-refractivity contribution in [2.75, 3.05) is 33.4 Å². The Balaban J connectivity index is 1.26. The Morgan fingerprint density at radius 1 is 1.19 bits per heavy atom. The highest BCUT2D eigenvalue weighted by Crippen LogP contribution is 2.31. The van der Waals surface area contributed by atoms with E-state index in [1.165, 1.54) is 0 Å². The summed E-state index contributed by atoms with van der Waals surface area (Å²) in [5, 5.41) is 10.5. The first-order chi connectivity index (χ1) is 15.2. The molecule has 0 amide bonds. The third kappa shape index (κ3) is 5.27. The summed E-state index contributed by atoms with van der Waals surface area (Å²) in [6.45, 7) is 4.59. The van der Waals surface area contributed by atoms with Crippen molar-refractivity contribution in [3.05, 3.63) is 60.0 Å². The Morgan fingerprint density at radius 2 is 2.00 bits per heavy atom. The van der Waals surface area contributed by atoms with Crippen LogP contribution >= 0.6 is 0 Å². The molecule has 0 aliphatic carbocycles. The van der Waals surface area contributed by atoms with Gasteiger partial charge in [-0.15, -0.1) is 0 Å². The zero-order chi connectivity index (χ0) is 21.6. The van der Waals surface area contributed by atoms with Crippen molar-refractivity contribution < 1.29 is 19.0 Å². The van der Waals surface area contributed by atoms with Crippen LogP contribution in [0.15, 0.2) is 53.0 Å². The molecule has 6 heteroatoms. The van der Waals surface area contributed by atoms with Crippen molar-refractivity contribution in [3.8, 4) is 11.5 Å². The Labute approximate surface area is 183 Å². The van der Waals surface area contributed by atoms with E-state index in [4.69, 9.17) is 13.9 Å². The standard InChI is InChI=1S/C25H30N2O4/c1-3-6-18-9-10-23(24(15-18)29-2)30-17-20(28)16-27-13-11-19(12-14-27)25-26-21-7-4-5-8-22(21)31-25/h3-10,15,19-20,28H,11-14,16-17H2,1-2H3/b6-3+. The van der Waals surface area contributed by atoms with Crippen LogP contribution in [-0.4, -0.2) is 54.4 Å². The summed E-state index contributed by atoms with van der Waals surface area (Å²) in [6.07, 6.45) is 5.36. The number of benzene rings is 2. The number of hydrogen-bond donors (Lipinski definition) is 1. The predicted molar refractivity (Wildman–Crippen MR) is 122 cm³/mol. The monoisotopic (exact) mass is 422 g/mol. The van der Waals surface area contributed by atoms with E-state index in [2.05, 4.69) is 9.88 Å². The minimum atomic E-state index is -0.569. The maximum atomic E-state index is 10.5. The summed E-state index contributed by atoms with van der Waals surface area (Å²) in [7, 11) is 1.62. The lowest BCUT2D eigenvalue weighted by Crippen LogP contribution is -2.40. The number of ether oxygens (including phenoxy) is 2. The SMILES string of the molecule is C/C=C/c1ccc(OCC(O)CN2CCC(c3nc4ccccc4o3)CC2)c(OC)c1. The van der Waals surface area contributed by atoms with Crippen LogP contribution in [0.5, 0.6) is 11.5 Å². The molecule has 164 valence electrons. The molecule has 3 aromatic rings. The summed E-state index contributed by atoms with van der Waals surface area (Å²) in [5.41, 5.74) is 2.82. The molecule has 1 unspecified atom stereocenters. The minimum absolute atomic E-state index is 0.227. The number of aliphatic hydroxyl groups is 1. The zero-order valence-electron chi connectivity index (χ0n) is 18.2. The van der Waals surface area contributed by atoms with E-state index in [0.717, 1.165) is 48.5 Å². The van der Waals surface area contributed by atoms with Crippen molar-refractivity contribution in [1.82, 2.24) is 9.88 Å². The second-order valence-electron chi connectivity index (χ2n) is 7.97. The van der Waals surface area contributed by atoms with Crippen LogP contribution in [0.2, 0.25) is 0 Å². The quantitative estimate of drug-likeness (QED) is 0.577. The molecule has 0 spiro atoms. The lowest BCUT2D eigenvalue weighted by molar-refractivity contribution is 0.0575. The molecule has 1 atom stereocenters. The van der Waals surface area contributed by atoms with Gasteiger partial charge in [-0.1, -0.05) is 30.4 Å². The molecule has 31 heavy (non-hydrogen) atoms. The molecular weight excluding hydrogens is 392 g/mol. The Kier molecular flexibility index (Phi) is 6.89. The molecule has 1 N–H and O–H groups in total. The van der Waals surface area contributed by atoms with Gasteiger partial charge in [0.2, 0.25) is 0 Å². The fourth-order valence-corrected chi connectivity index (χ4v) is 4.06. The van der Waals surface area contributed by atoms with Gasteiger partial charge < -0.3 is 23.9 Å². The van der Waals surface area contributed by atoms with E-state index >= 15 is 0 Å². The van der Waals surface area contributed by atoms with E-state index in [0.29, 0.717) is 24.0 Å². The Morgan fingerprint density at radius 3 is 2.74 bits per heavy atom. The molecule has 0 bridgehead atoms. The second-order valence-corrected chi connectivity index (χ2v) is 7.97. The van der Waals surface area contributed by atoms with Gasteiger partial charge in [0.05, 0.1) is 7.11 Å². The van der Waals surface area contributed by atoms with Crippen LogP contribution in [-0.2, 0) is 0 Å². The van der Waals surface area contributed by atoms with Crippen LogP contribution in [0.4, 0.5) is 0 Å². The molecule has 0 saturated carbocycles. The van der Waals surface area contributed by atoms with E-state index in [9.17, 15) is 5.11 Å². The molecule has 1 saturated heterocycles. The molecule has 2 aromatic carbocycles. The summed E-state index contributed by atoms with van der Waals surface area (Å²) in [6, 6.07) is 13.7. The number of para-hydroxylation sites is 2. The van der Waals surface area contributed by atoms with Crippen molar-refractivity contribution in [2.24, 2.45) is 0 Å². The van der Waals surface area contributed by atoms with Crippen LogP contribution in [0.25, 0.3) is 17.2 Å². The van der Waals surface area contributed by atoms with E-state index in [1.807, 2.05) is 61.5 Å². The third-order valence-electron chi connectivity index (χ3n) is 5.69. The summed E-state index contributed by atoms with van der Waals surface area (Å²) in [5.74, 6) is 2.47. The van der Waals surface area contributed by atoms with Crippen molar-refractivity contribution in [2.45, 2.75) is 31.8 Å². The van der Waals surface area contributed by atoms with Crippen molar-refractivity contribution in [1.29, 1.82) is 0 Å². The van der Waals surface area contributed by atoms with E-state index in [1.54, 1.807) is 7.11 Å². The van der Waals surface area contributed by atoms with Crippen molar-refractivity contribution >= 4 is 17.2 Å². The average Bonchev–Trinajstić information content (AvgIpc) is 3.23. The normalized spacial score (nSPS) is 16.7. The highest BCUT2D eigenvalue weighted by molar-refractivity contribution is 5.72. The van der Waals surface area contributed by atoms with Crippen LogP contribution in [0.1, 0.15) is 37.1 Å². The fraction of sp³-hybridized carbons (Fsp3) is 0.400. The number of rotatable bonds is 8. The van der Waals surface area contributed by atoms with Gasteiger partial charge in [-0.25, -0.2) is 4.98 Å². The number of piperidine rings is 1. The average molecular weight is 423 g/mol. The number of likely N-dealkylation sites (tertiary alicyclic amines) is 1. The second kappa shape index (κ2) is 9.98. The topological polar surface area (TPSA) is 68.0 Å². The molecule has 1 fully saturated rings. The maximum absolute atomic E-state index is 10.5. The summed E-state index contributed by atoms with van der Waals surface area (Å²) in [4.78, 5) is 6.93. The number of β-amino-alcohol motifs (C(OH)–C–C–N with tert-alkyl or cyclic N) is 1. The van der Waals surface area contributed by atoms with Gasteiger partial charge in [-0.3, -0.25) is 0 Å². The number of allylic oxidation sites excluding steroid dienone is 1. The smallest absolute Gasteiger partial charge is 0.198 e. The zero-order valence-corrected chi connectivity index (χ0v) is 18.2. The first-order valence-electron chi connectivity index (χ1n) is 10.9. The van der Waals surface area contributed by atoms with Crippen LogP contribution in [0.3, 0.4) is 0 Å². The van der Waals surface area contributed by atoms with Gasteiger partial charge in [-0.2, -0.15) is 0 Å². The Hall–Kier alpha value is -2.83. The number of nitrogens with zero attached hydrogens (tertiary/aromatic N) is 2. The summed E-state index contributed by atoms with van der Waals surface area (Å²) < 4.78 is 17.2. The lowest BCUT2D eigenvalue weighted by Gasteiger charge is -2.31. The van der Waals surface area contributed by atoms with E-state index < -0.39 is 6.10 Å². The fourth-order valence-electron chi connectivity index (χ4n) is 4.06. The molecule has 2 heterocycles. The van der Waals surface area contributed by atoms with Crippen LogP contribution < -0.4 is 9.47 Å². The van der Waals surface area contributed by atoms with Gasteiger partial charge in [0, 0.05) is 12.5 Å². The lowest BCUT2D eigenvalue weighted by atomic mass is 9.96. The molecule has 6 nitrogen and oxygen atoms in total. The molecule has 4 rings (SSSR count). The first kappa shape index (κ1) is 21.4. The number of aliphatic hydroxyl groups excluding tert-OH is 1. The highest BCUT2D eigenvalue weighted by Gasteiger charge is 2.26. The third-order valence-corrected chi connectivity index (χ3v) is 5.69.